The van der Waals surface area contributed by atoms with Gasteiger partial charge in [0.25, 0.3) is 0 Å². The highest BCUT2D eigenvalue weighted by molar-refractivity contribution is 6.01. The highest BCUT2D eigenvalue weighted by Gasteiger charge is 2.29. The number of aryl methyl sites for hydroxylation is 1. The number of nitrogens with two attached hydrogens (primary N) is 1. The van der Waals surface area contributed by atoms with Crippen molar-refractivity contribution >= 4 is 17.4 Å². The van der Waals surface area contributed by atoms with Crippen molar-refractivity contribution in [1.29, 1.82) is 0 Å². The molecule has 0 aliphatic heterocycles. The predicted octanol–water partition coefficient (Wildman–Crippen LogP) is 1.97. The number of ketones is 1. The first-order chi connectivity index (χ1) is 8.61. The summed E-state index contributed by atoms with van der Waals surface area (Å²) >= 11 is 0. The van der Waals surface area contributed by atoms with E-state index >= 15 is 0 Å². The Labute approximate surface area is 106 Å². The van der Waals surface area contributed by atoms with E-state index in [1.807, 2.05) is 6.07 Å². The number of anilines is 1. The molecule has 4 heteroatoms. The smallest absolute Gasteiger partial charge is 0.306 e. The van der Waals surface area contributed by atoms with Gasteiger partial charge in [0.2, 0.25) is 0 Å². The van der Waals surface area contributed by atoms with Gasteiger partial charge >= 0.3 is 5.97 Å². The van der Waals surface area contributed by atoms with E-state index in [1.165, 1.54) is 0 Å². The van der Waals surface area contributed by atoms with E-state index in [4.69, 9.17) is 10.5 Å². The fourth-order valence-corrected chi connectivity index (χ4v) is 2.36. The zero-order valence-electron chi connectivity index (χ0n) is 10.4. The number of carbonyl (C=O) groups is 2. The summed E-state index contributed by atoms with van der Waals surface area (Å²) in [5.74, 6) is -0.515. The van der Waals surface area contributed by atoms with Crippen LogP contribution in [0.15, 0.2) is 18.2 Å². The van der Waals surface area contributed by atoms with Crippen LogP contribution in [-0.2, 0) is 16.0 Å². The minimum absolute atomic E-state index is 0.0318. The first kappa shape index (κ1) is 12.6. The predicted molar refractivity (Wildman–Crippen MR) is 68.2 cm³/mol. The largest absolute Gasteiger partial charge is 0.466 e. The van der Waals surface area contributed by atoms with Gasteiger partial charge in [-0.1, -0.05) is 0 Å². The number of Topliss-reactive ketones (excluding diaryl/α,β-unsaturated/α-hetero) is 1. The van der Waals surface area contributed by atoms with Crippen molar-refractivity contribution in [2.24, 2.45) is 5.92 Å². The molecular formula is C14H17NO3. The summed E-state index contributed by atoms with van der Waals surface area (Å²) in [6, 6.07) is 5.32. The highest BCUT2D eigenvalue weighted by atomic mass is 16.5. The molecule has 0 bridgehead atoms. The van der Waals surface area contributed by atoms with Crippen molar-refractivity contribution in [3.63, 3.8) is 0 Å². The Morgan fingerprint density at radius 1 is 1.50 bits per heavy atom. The standard InChI is InChI=1S/C14H17NO3/c1-2-18-13(16)8-10-4-3-9-7-11(15)5-6-12(9)14(10)17/h5-7,10H,2-4,8,15H2,1H3. The van der Waals surface area contributed by atoms with Gasteiger partial charge in [0.15, 0.2) is 5.78 Å². The van der Waals surface area contributed by atoms with Crippen LogP contribution in [0.3, 0.4) is 0 Å². The van der Waals surface area contributed by atoms with Crippen LogP contribution in [0.5, 0.6) is 0 Å². The molecule has 1 unspecified atom stereocenters. The third-order valence-electron chi connectivity index (χ3n) is 3.25. The molecule has 0 heterocycles. The van der Waals surface area contributed by atoms with Gasteiger partial charge in [-0.3, -0.25) is 9.59 Å². The van der Waals surface area contributed by atoms with Gasteiger partial charge in [-0.05, 0) is 43.5 Å². The lowest BCUT2D eigenvalue weighted by Crippen LogP contribution is -2.25. The van der Waals surface area contributed by atoms with Crippen molar-refractivity contribution < 1.29 is 14.3 Å². The Morgan fingerprint density at radius 3 is 3.00 bits per heavy atom. The number of carbonyl (C=O) groups excluding carboxylic acids is 2. The number of fused-ring (bicyclic) bond motifs is 1. The maximum Gasteiger partial charge on any atom is 0.306 e. The lowest BCUT2D eigenvalue weighted by atomic mass is 9.81. The molecule has 0 amide bonds. The van der Waals surface area contributed by atoms with Gasteiger partial charge in [-0.25, -0.2) is 0 Å². The first-order valence-corrected chi connectivity index (χ1v) is 6.20. The molecule has 0 saturated heterocycles. The third kappa shape index (κ3) is 2.53. The van der Waals surface area contributed by atoms with Crippen molar-refractivity contribution in [1.82, 2.24) is 0 Å². The SMILES string of the molecule is CCOC(=O)CC1CCc2cc(N)ccc2C1=O. The fourth-order valence-electron chi connectivity index (χ4n) is 2.36. The molecule has 0 radical (unpaired) electrons. The van der Waals surface area contributed by atoms with Gasteiger partial charge in [-0.15, -0.1) is 0 Å². The topological polar surface area (TPSA) is 69.4 Å². The monoisotopic (exact) mass is 247 g/mol. The van der Waals surface area contributed by atoms with Crippen LogP contribution in [-0.4, -0.2) is 18.4 Å². The Balaban J connectivity index is 2.13. The van der Waals surface area contributed by atoms with Gasteiger partial charge in [0, 0.05) is 17.2 Å². The molecule has 0 fully saturated rings. The zero-order valence-corrected chi connectivity index (χ0v) is 10.4. The molecule has 2 N–H and O–H groups in total. The summed E-state index contributed by atoms with van der Waals surface area (Å²) in [4.78, 5) is 23.6. The second-order valence-corrected chi connectivity index (χ2v) is 4.53. The molecule has 1 atom stereocenters. The number of ether oxygens (including phenoxy) is 1. The van der Waals surface area contributed by atoms with Crippen molar-refractivity contribution in [3.8, 4) is 0 Å². The van der Waals surface area contributed by atoms with Crippen LogP contribution in [0.1, 0.15) is 35.7 Å². The lowest BCUT2D eigenvalue weighted by Gasteiger charge is -2.22. The minimum atomic E-state index is -0.297. The molecule has 1 aliphatic rings. The van der Waals surface area contributed by atoms with Crippen LogP contribution in [0, 0.1) is 5.92 Å². The van der Waals surface area contributed by atoms with Crippen LogP contribution in [0.2, 0.25) is 0 Å². The minimum Gasteiger partial charge on any atom is -0.466 e. The normalized spacial score (nSPS) is 18.3. The summed E-state index contributed by atoms with van der Waals surface area (Å²) < 4.78 is 4.89. The molecule has 4 nitrogen and oxygen atoms in total. The molecule has 96 valence electrons. The van der Waals surface area contributed by atoms with Gasteiger partial charge < -0.3 is 10.5 Å². The molecule has 0 saturated carbocycles. The van der Waals surface area contributed by atoms with Crippen molar-refractivity contribution in [2.45, 2.75) is 26.2 Å². The van der Waals surface area contributed by atoms with Crippen LogP contribution < -0.4 is 5.73 Å². The van der Waals surface area contributed by atoms with Gasteiger partial charge in [0.1, 0.15) is 0 Å². The lowest BCUT2D eigenvalue weighted by molar-refractivity contribution is -0.143. The highest BCUT2D eigenvalue weighted by Crippen LogP contribution is 2.29. The summed E-state index contributed by atoms with van der Waals surface area (Å²) in [6.07, 6.45) is 1.65. The van der Waals surface area contributed by atoms with E-state index in [0.29, 0.717) is 24.3 Å². The quantitative estimate of drug-likeness (QED) is 0.655. The average molecular weight is 247 g/mol. The zero-order chi connectivity index (χ0) is 13.1. The van der Waals surface area contributed by atoms with Gasteiger partial charge in [-0.2, -0.15) is 0 Å². The maximum atomic E-state index is 12.2. The third-order valence-corrected chi connectivity index (χ3v) is 3.25. The summed E-state index contributed by atoms with van der Waals surface area (Å²) in [6.45, 7) is 2.12. The molecule has 1 aromatic rings. The van der Waals surface area contributed by atoms with E-state index < -0.39 is 0 Å². The Kier molecular flexibility index (Phi) is 3.65. The number of rotatable bonds is 3. The Hall–Kier alpha value is -1.84. The summed E-state index contributed by atoms with van der Waals surface area (Å²) in [7, 11) is 0. The van der Waals surface area contributed by atoms with E-state index in [1.54, 1.807) is 19.1 Å². The summed E-state index contributed by atoms with van der Waals surface area (Å²) in [5, 5.41) is 0. The Morgan fingerprint density at radius 2 is 2.28 bits per heavy atom. The second kappa shape index (κ2) is 5.21. The molecule has 1 aromatic carbocycles. The molecular weight excluding hydrogens is 230 g/mol. The van der Waals surface area contributed by atoms with Crippen LogP contribution >= 0.6 is 0 Å². The second-order valence-electron chi connectivity index (χ2n) is 4.53. The molecule has 0 spiro atoms. The van der Waals surface area contributed by atoms with E-state index in [9.17, 15) is 9.59 Å². The van der Waals surface area contributed by atoms with Crippen molar-refractivity contribution in [3.05, 3.63) is 29.3 Å². The number of hydrogen-bond donors (Lipinski definition) is 1. The molecule has 18 heavy (non-hydrogen) atoms. The number of benzene rings is 1. The number of hydrogen-bond acceptors (Lipinski definition) is 4. The molecule has 2 rings (SSSR count). The summed E-state index contributed by atoms with van der Waals surface area (Å²) in [5.41, 5.74) is 8.05. The fraction of sp³-hybridized carbons (Fsp3) is 0.429. The van der Waals surface area contributed by atoms with Crippen molar-refractivity contribution in [2.75, 3.05) is 12.3 Å². The van der Waals surface area contributed by atoms with Crippen LogP contribution in [0.4, 0.5) is 5.69 Å². The average Bonchev–Trinajstić information content (AvgIpc) is 2.33. The van der Waals surface area contributed by atoms with E-state index in [2.05, 4.69) is 0 Å². The Bertz CT molecular complexity index is 482. The number of esters is 1. The first-order valence-electron chi connectivity index (χ1n) is 6.20. The van der Waals surface area contributed by atoms with E-state index in [0.717, 1.165) is 12.0 Å². The maximum absolute atomic E-state index is 12.2. The number of nitrogen functional groups attached to an aromatic ring is 1. The molecule has 1 aliphatic carbocycles. The molecule has 0 aromatic heterocycles. The van der Waals surface area contributed by atoms with Gasteiger partial charge in [0.05, 0.1) is 13.0 Å². The van der Waals surface area contributed by atoms with Crippen LogP contribution in [0.25, 0.3) is 0 Å². The van der Waals surface area contributed by atoms with E-state index in [-0.39, 0.29) is 24.1 Å².